The second-order valence-electron chi connectivity index (χ2n) is 7.62. The Labute approximate surface area is 169 Å². The number of nitrogens with zero attached hydrogens (tertiary/aromatic N) is 2. The highest BCUT2D eigenvalue weighted by Crippen LogP contribution is 2.50. The zero-order valence-corrected chi connectivity index (χ0v) is 16.4. The van der Waals surface area contributed by atoms with Crippen LogP contribution < -0.4 is 11.1 Å². The molecule has 3 N–H and O–H groups in total. The van der Waals surface area contributed by atoms with Crippen molar-refractivity contribution in [3.05, 3.63) is 58.9 Å². The van der Waals surface area contributed by atoms with Gasteiger partial charge in [-0.1, -0.05) is 0 Å². The quantitative estimate of drug-likeness (QED) is 0.720. The Hall–Kier alpha value is -3.04. The lowest BCUT2D eigenvalue weighted by atomic mass is 9.77. The minimum absolute atomic E-state index is 0.0266. The number of aliphatic imine (C=N–C) groups is 1. The molecule has 1 aromatic carbocycles. The molecular formula is C20H19F5N4O. The van der Waals surface area contributed by atoms with Gasteiger partial charge in [-0.2, -0.15) is 0 Å². The number of hydrogen-bond acceptors (Lipinski definition) is 4. The summed E-state index contributed by atoms with van der Waals surface area (Å²) in [6.07, 6.45) is -0.423. The van der Waals surface area contributed by atoms with E-state index < -0.39 is 52.5 Å². The molecule has 5 nitrogen and oxygen atoms in total. The van der Waals surface area contributed by atoms with E-state index in [-0.39, 0.29) is 16.9 Å². The molecule has 0 bridgehead atoms. The van der Waals surface area contributed by atoms with Crippen LogP contribution in [0.3, 0.4) is 0 Å². The maximum absolute atomic E-state index is 14.8. The predicted molar refractivity (Wildman–Crippen MR) is 101 cm³/mol. The number of halogens is 5. The standard InChI is InChI=1S/C20H19F5N4O/c1-10-6-11(21)8-27-15(10)16(30)28-12-4-5-14(22)13(7-12)19(3)20(24,25)9-18(2,23)17(26)29-19/h4-8H,9H2,1-3H3,(H2,26,29)(H,28,30). The average Bonchev–Trinajstić information content (AvgIpc) is 2.61. The highest BCUT2D eigenvalue weighted by molar-refractivity contribution is 6.03. The van der Waals surface area contributed by atoms with Gasteiger partial charge in [-0.25, -0.2) is 26.9 Å². The number of rotatable bonds is 3. The third kappa shape index (κ3) is 3.61. The van der Waals surface area contributed by atoms with Gasteiger partial charge in [-0.05, 0) is 50.6 Å². The van der Waals surface area contributed by atoms with E-state index in [1.54, 1.807) is 0 Å². The smallest absolute Gasteiger partial charge is 0.280 e. The monoisotopic (exact) mass is 426 g/mol. The minimum atomic E-state index is -3.77. The number of aromatic nitrogens is 1. The Morgan fingerprint density at radius 3 is 2.47 bits per heavy atom. The molecule has 0 saturated carbocycles. The maximum Gasteiger partial charge on any atom is 0.280 e. The lowest BCUT2D eigenvalue weighted by Crippen LogP contribution is -2.56. The molecule has 0 radical (unpaired) electrons. The van der Waals surface area contributed by atoms with Crippen molar-refractivity contribution in [1.29, 1.82) is 0 Å². The van der Waals surface area contributed by atoms with Gasteiger partial charge < -0.3 is 11.1 Å². The second kappa shape index (κ2) is 7.03. The van der Waals surface area contributed by atoms with Crippen molar-refractivity contribution in [2.24, 2.45) is 10.7 Å². The van der Waals surface area contributed by atoms with Crippen molar-refractivity contribution in [3.63, 3.8) is 0 Å². The van der Waals surface area contributed by atoms with E-state index in [1.807, 2.05) is 0 Å². The van der Waals surface area contributed by atoms with Crippen LogP contribution in [0, 0.1) is 18.6 Å². The molecule has 10 heteroatoms. The van der Waals surface area contributed by atoms with E-state index in [0.29, 0.717) is 0 Å². The number of benzene rings is 1. The van der Waals surface area contributed by atoms with Crippen LogP contribution in [-0.2, 0) is 5.54 Å². The molecule has 0 aliphatic carbocycles. The van der Waals surface area contributed by atoms with Gasteiger partial charge >= 0.3 is 0 Å². The fraction of sp³-hybridized carbons (Fsp3) is 0.350. The summed E-state index contributed by atoms with van der Waals surface area (Å²) in [5, 5.41) is 2.41. The van der Waals surface area contributed by atoms with Gasteiger partial charge in [0.1, 0.15) is 23.2 Å². The van der Waals surface area contributed by atoms with E-state index in [1.165, 1.54) is 6.92 Å². The third-order valence-electron chi connectivity index (χ3n) is 5.15. The predicted octanol–water partition coefficient (Wildman–Crippen LogP) is 4.26. The van der Waals surface area contributed by atoms with Crippen molar-refractivity contribution in [1.82, 2.24) is 4.98 Å². The van der Waals surface area contributed by atoms with Gasteiger partial charge in [0.2, 0.25) is 0 Å². The van der Waals surface area contributed by atoms with Crippen molar-refractivity contribution in [3.8, 4) is 0 Å². The zero-order valence-electron chi connectivity index (χ0n) is 16.4. The van der Waals surface area contributed by atoms with E-state index >= 15 is 0 Å². The number of nitrogens with one attached hydrogen (secondary N) is 1. The van der Waals surface area contributed by atoms with Crippen molar-refractivity contribution < 1.29 is 26.7 Å². The number of alkyl halides is 3. The molecule has 2 aromatic rings. The summed E-state index contributed by atoms with van der Waals surface area (Å²) in [6.45, 7) is 3.30. The Kier molecular flexibility index (Phi) is 5.08. The van der Waals surface area contributed by atoms with Crippen molar-refractivity contribution >= 4 is 17.4 Å². The zero-order chi connectivity index (χ0) is 22.5. The molecule has 0 fully saturated rings. The first-order valence-electron chi connectivity index (χ1n) is 8.93. The molecule has 2 unspecified atom stereocenters. The summed E-state index contributed by atoms with van der Waals surface area (Å²) in [4.78, 5) is 19.7. The summed E-state index contributed by atoms with van der Waals surface area (Å²) in [6, 6.07) is 4.13. The largest absolute Gasteiger partial charge is 0.385 e. The maximum atomic E-state index is 14.8. The van der Waals surface area contributed by atoms with Crippen LogP contribution in [0.2, 0.25) is 0 Å². The van der Waals surface area contributed by atoms with E-state index in [9.17, 15) is 26.7 Å². The molecule has 1 aromatic heterocycles. The van der Waals surface area contributed by atoms with Crippen LogP contribution in [0.25, 0.3) is 0 Å². The fourth-order valence-electron chi connectivity index (χ4n) is 3.32. The first-order valence-corrected chi connectivity index (χ1v) is 8.93. The van der Waals surface area contributed by atoms with Crippen LogP contribution in [0.15, 0.2) is 35.5 Å². The number of pyridine rings is 1. The van der Waals surface area contributed by atoms with Crippen LogP contribution in [0.4, 0.5) is 27.6 Å². The summed E-state index contributed by atoms with van der Waals surface area (Å²) in [7, 11) is 0. The molecule has 0 saturated heterocycles. The van der Waals surface area contributed by atoms with Gasteiger partial charge in [0.15, 0.2) is 11.2 Å². The molecule has 0 spiro atoms. The van der Waals surface area contributed by atoms with Gasteiger partial charge in [-0.3, -0.25) is 9.79 Å². The molecule has 1 aliphatic heterocycles. The van der Waals surface area contributed by atoms with Gasteiger partial charge in [0.25, 0.3) is 11.8 Å². The number of hydrogen-bond donors (Lipinski definition) is 2. The number of nitrogens with two attached hydrogens (primary N) is 1. The Bertz CT molecular complexity index is 1050. The van der Waals surface area contributed by atoms with Crippen LogP contribution in [-0.4, -0.2) is 28.3 Å². The third-order valence-corrected chi connectivity index (χ3v) is 5.15. The number of amidine groups is 1. The summed E-state index contributed by atoms with van der Waals surface area (Å²) < 4.78 is 71.7. The molecule has 3 rings (SSSR count). The molecule has 2 atom stereocenters. The second-order valence-corrected chi connectivity index (χ2v) is 7.62. The number of amides is 1. The topological polar surface area (TPSA) is 80.4 Å². The van der Waals surface area contributed by atoms with Crippen LogP contribution in [0.1, 0.15) is 41.9 Å². The number of carbonyl (C=O) groups excluding carboxylic acids is 1. The van der Waals surface area contributed by atoms with E-state index in [4.69, 9.17) is 5.73 Å². The highest BCUT2D eigenvalue weighted by Gasteiger charge is 2.60. The summed E-state index contributed by atoms with van der Waals surface area (Å²) >= 11 is 0. The average molecular weight is 426 g/mol. The SMILES string of the molecule is Cc1cc(F)cnc1C(=O)Nc1ccc(F)c(C2(C)N=C(N)C(C)(F)CC2(F)F)c1. The molecule has 2 heterocycles. The van der Waals surface area contributed by atoms with Crippen molar-refractivity contribution in [2.45, 2.75) is 44.3 Å². The van der Waals surface area contributed by atoms with Crippen molar-refractivity contribution in [2.75, 3.05) is 5.32 Å². The fourth-order valence-corrected chi connectivity index (χ4v) is 3.32. The van der Waals surface area contributed by atoms with Crippen LogP contribution in [0.5, 0.6) is 0 Å². The summed E-state index contributed by atoms with van der Waals surface area (Å²) in [5.41, 5.74) is 0.0681. The number of anilines is 1. The molecule has 160 valence electrons. The Morgan fingerprint density at radius 1 is 1.17 bits per heavy atom. The normalized spacial score (nSPS) is 25.5. The van der Waals surface area contributed by atoms with Gasteiger partial charge in [0, 0.05) is 11.3 Å². The van der Waals surface area contributed by atoms with E-state index in [0.717, 1.165) is 44.3 Å². The van der Waals surface area contributed by atoms with Gasteiger partial charge in [0.05, 0.1) is 12.6 Å². The molecule has 1 aliphatic rings. The molecule has 30 heavy (non-hydrogen) atoms. The Morgan fingerprint density at radius 2 is 1.83 bits per heavy atom. The summed E-state index contributed by atoms with van der Waals surface area (Å²) in [5.74, 6) is -6.83. The molecular weight excluding hydrogens is 407 g/mol. The van der Waals surface area contributed by atoms with Gasteiger partial charge in [-0.15, -0.1) is 0 Å². The first-order chi connectivity index (χ1) is 13.8. The van der Waals surface area contributed by atoms with E-state index in [2.05, 4.69) is 15.3 Å². The number of carbonyl (C=O) groups is 1. The first kappa shape index (κ1) is 21.7. The van der Waals surface area contributed by atoms with Crippen LogP contribution >= 0.6 is 0 Å². The lowest BCUT2D eigenvalue weighted by Gasteiger charge is -2.42. The highest BCUT2D eigenvalue weighted by atomic mass is 19.3. The molecule has 1 amide bonds. The number of aryl methyl sites for hydroxylation is 1. The Balaban J connectivity index is 2.01. The minimum Gasteiger partial charge on any atom is -0.385 e. The lowest BCUT2D eigenvalue weighted by molar-refractivity contribution is -0.106.